The fourth-order valence-corrected chi connectivity index (χ4v) is 2.41. The Hall–Kier alpha value is -2.73. The second-order valence-corrected chi connectivity index (χ2v) is 7.42. The highest BCUT2D eigenvalue weighted by atomic mass is 16.4. The molecular formula is C18H34N6O6. The monoisotopic (exact) mass is 430 g/mol. The fraction of sp³-hybridized carbons (Fsp3) is 0.722. The summed E-state index contributed by atoms with van der Waals surface area (Å²) >= 11 is 0. The quantitative estimate of drug-likeness (QED) is 0.146. The van der Waals surface area contributed by atoms with Gasteiger partial charge < -0.3 is 38.3 Å². The minimum Gasteiger partial charge on any atom is -0.480 e. The van der Waals surface area contributed by atoms with E-state index in [1.165, 1.54) is 6.92 Å². The molecule has 0 saturated heterocycles. The number of nitrogens with one attached hydrogen (secondary N) is 3. The molecule has 0 aliphatic rings. The molecule has 0 spiro atoms. The highest BCUT2D eigenvalue weighted by molar-refractivity contribution is 5.96. The van der Waals surface area contributed by atoms with Crippen LogP contribution in [0.3, 0.4) is 0 Å². The van der Waals surface area contributed by atoms with Crippen LogP contribution < -0.4 is 33.2 Å². The fourth-order valence-electron chi connectivity index (χ4n) is 2.41. The van der Waals surface area contributed by atoms with E-state index in [0.717, 1.165) is 0 Å². The van der Waals surface area contributed by atoms with Gasteiger partial charge in [-0.3, -0.25) is 19.2 Å². The summed E-state index contributed by atoms with van der Waals surface area (Å²) in [4.78, 5) is 59.4. The number of rotatable bonds is 14. The summed E-state index contributed by atoms with van der Waals surface area (Å²) < 4.78 is 0. The minimum absolute atomic E-state index is 0.187. The van der Waals surface area contributed by atoms with Crippen LogP contribution in [0.4, 0.5) is 0 Å². The van der Waals surface area contributed by atoms with Gasteiger partial charge in [-0.2, -0.15) is 0 Å². The Bertz CT molecular complexity index is 626. The number of unbranched alkanes of at least 4 members (excludes halogenated alkanes) is 1. The van der Waals surface area contributed by atoms with E-state index >= 15 is 0 Å². The Morgan fingerprint density at radius 2 is 1.43 bits per heavy atom. The molecule has 4 amide bonds. The van der Waals surface area contributed by atoms with Crippen molar-refractivity contribution in [2.24, 2.45) is 23.1 Å². The number of carbonyl (C=O) groups is 5. The highest BCUT2D eigenvalue weighted by Gasteiger charge is 2.29. The number of aliphatic carboxylic acids is 1. The number of carboxylic acids is 1. The lowest BCUT2D eigenvalue weighted by Crippen LogP contribution is -2.57. The molecule has 4 unspecified atom stereocenters. The van der Waals surface area contributed by atoms with E-state index in [1.807, 2.05) is 0 Å². The zero-order chi connectivity index (χ0) is 23.4. The molecule has 0 aliphatic heterocycles. The van der Waals surface area contributed by atoms with Crippen molar-refractivity contribution < 1.29 is 29.1 Å². The molecule has 0 aromatic rings. The van der Waals surface area contributed by atoms with Crippen molar-refractivity contribution in [1.29, 1.82) is 0 Å². The smallest absolute Gasteiger partial charge is 0.326 e. The molecule has 12 heteroatoms. The molecule has 0 aliphatic carbocycles. The summed E-state index contributed by atoms with van der Waals surface area (Å²) in [7, 11) is 0. The average Bonchev–Trinajstić information content (AvgIpc) is 2.65. The van der Waals surface area contributed by atoms with E-state index in [0.29, 0.717) is 19.4 Å². The Balaban J connectivity index is 5.02. The summed E-state index contributed by atoms with van der Waals surface area (Å²) in [6.07, 6.45) is 0.816. The van der Waals surface area contributed by atoms with E-state index in [4.69, 9.17) is 17.2 Å². The van der Waals surface area contributed by atoms with Gasteiger partial charge in [-0.05, 0) is 38.6 Å². The maximum Gasteiger partial charge on any atom is 0.326 e. The minimum atomic E-state index is -1.32. The second kappa shape index (κ2) is 13.5. The normalized spacial score (nSPS) is 14.9. The van der Waals surface area contributed by atoms with Gasteiger partial charge in [-0.25, -0.2) is 4.79 Å². The number of nitrogens with two attached hydrogens (primary N) is 3. The number of primary amides is 1. The van der Waals surface area contributed by atoms with Crippen molar-refractivity contribution in [3.8, 4) is 0 Å². The summed E-state index contributed by atoms with van der Waals surface area (Å²) in [5, 5.41) is 16.3. The van der Waals surface area contributed by atoms with Crippen LogP contribution in [0.1, 0.15) is 46.5 Å². The van der Waals surface area contributed by atoms with Crippen LogP contribution >= 0.6 is 0 Å². The maximum atomic E-state index is 12.5. The molecule has 0 saturated carbocycles. The lowest BCUT2D eigenvalue weighted by atomic mass is 10.0. The molecule has 172 valence electrons. The first kappa shape index (κ1) is 27.3. The standard InChI is InChI=1S/C18H34N6O6/c1-9(2)14(21)17(28)24-12(8-13(20)25)16(27)22-10(3)15(26)23-11(18(29)30)6-4-5-7-19/h9-12,14H,4-8,19,21H2,1-3H3,(H2,20,25)(H,22,27)(H,23,26)(H,24,28)(H,29,30). The summed E-state index contributed by atoms with van der Waals surface area (Å²) in [5.41, 5.74) is 16.2. The van der Waals surface area contributed by atoms with Crippen molar-refractivity contribution in [3.63, 3.8) is 0 Å². The van der Waals surface area contributed by atoms with Gasteiger partial charge in [0.25, 0.3) is 0 Å². The first-order chi connectivity index (χ1) is 13.9. The third-order valence-corrected chi connectivity index (χ3v) is 4.37. The SMILES string of the molecule is CC(NC(=O)C(CC(N)=O)NC(=O)C(N)C(C)C)C(=O)NC(CCCCN)C(=O)O. The highest BCUT2D eigenvalue weighted by Crippen LogP contribution is 2.03. The zero-order valence-corrected chi connectivity index (χ0v) is 17.6. The first-order valence-corrected chi connectivity index (χ1v) is 9.78. The van der Waals surface area contributed by atoms with Gasteiger partial charge >= 0.3 is 5.97 Å². The summed E-state index contributed by atoms with van der Waals surface area (Å²) in [5.74, 6) is -4.45. The lowest BCUT2D eigenvalue weighted by Gasteiger charge is -2.23. The summed E-state index contributed by atoms with van der Waals surface area (Å²) in [6.45, 7) is 5.17. The topological polar surface area (TPSA) is 220 Å². The van der Waals surface area contributed by atoms with Gasteiger partial charge in [-0.1, -0.05) is 13.8 Å². The van der Waals surface area contributed by atoms with Crippen LogP contribution in [0.2, 0.25) is 0 Å². The molecule has 0 rings (SSSR count). The predicted molar refractivity (Wildman–Crippen MR) is 109 cm³/mol. The van der Waals surface area contributed by atoms with Gasteiger partial charge in [-0.15, -0.1) is 0 Å². The van der Waals surface area contributed by atoms with Crippen molar-refractivity contribution in [1.82, 2.24) is 16.0 Å². The average molecular weight is 431 g/mol. The number of amides is 4. The van der Waals surface area contributed by atoms with E-state index < -0.39 is 60.2 Å². The van der Waals surface area contributed by atoms with Gasteiger partial charge in [0.15, 0.2) is 0 Å². The number of hydrogen-bond acceptors (Lipinski definition) is 7. The molecule has 12 nitrogen and oxygen atoms in total. The van der Waals surface area contributed by atoms with Crippen LogP contribution in [0.5, 0.6) is 0 Å². The van der Waals surface area contributed by atoms with E-state index in [9.17, 15) is 29.1 Å². The third-order valence-electron chi connectivity index (χ3n) is 4.37. The van der Waals surface area contributed by atoms with Crippen LogP contribution in [0, 0.1) is 5.92 Å². The molecule has 4 atom stereocenters. The zero-order valence-electron chi connectivity index (χ0n) is 17.6. The lowest BCUT2D eigenvalue weighted by molar-refractivity contribution is -0.142. The Morgan fingerprint density at radius 3 is 1.90 bits per heavy atom. The maximum absolute atomic E-state index is 12.5. The van der Waals surface area contributed by atoms with Gasteiger partial charge in [0.05, 0.1) is 12.5 Å². The molecule has 30 heavy (non-hydrogen) atoms. The van der Waals surface area contributed by atoms with Crippen LogP contribution in [0.15, 0.2) is 0 Å². The molecule has 0 radical (unpaired) electrons. The van der Waals surface area contributed by atoms with Crippen molar-refractivity contribution in [2.45, 2.75) is 70.6 Å². The van der Waals surface area contributed by atoms with Crippen LogP contribution in [-0.2, 0) is 24.0 Å². The molecule has 0 fully saturated rings. The molecule has 0 aromatic heterocycles. The van der Waals surface area contributed by atoms with Crippen molar-refractivity contribution in [2.75, 3.05) is 6.54 Å². The van der Waals surface area contributed by atoms with E-state index in [2.05, 4.69) is 16.0 Å². The van der Waals surface area contributed by atoms with Crippen molar-refractivity contribution in [3.05, 3.63) is 0 Å². The number of carbonyl (C=O) groups excluding carboxylic acids is 4. The van der Waals surface area contributed by atoms with Crippen LogP contribution in [0.25, 0.3) is 0 Å². The van der Waals surface area contributed by atoms with Crippen molar-refractivity contribution >= 4 is 29.6 Å². The van der Waals surface area contributed by atoms with Crippen LogP contribution in [-0.4, -0.2) is 65.4 Å². The molecule has 0 heterocycles. The first-order valence-electron chi connectivity index (χ1n) is 9.78. The van der Waals surface area contributed by atoms with E-state index in [1.54, 1.807) is 13.8 Å². The largest absolute Gasteiger partial charge is 0.480 e. The van der Waals surface area contributed by atoms with Gasteiger partial charge in [0.1, 0.15) is 18.1 Å². The molecule has 0 aromatic carbocycles. The molecular weight excluding hydrogens is 396 g/mol. The third kappa shape index (κ3) is 10.2. The second-order valence-electron chi connectivity index (χ2n) is 7.42. The molecule has 10 N–H and O–H groups in total. The number of hydrogen-bond donors (Lipinski definition) is 7. The Morgan fingerprint density at radius 1 is 0.867 bits per heavy atom. The Labute approximate surface area is 175 Å². The Kier molecular flexibility index (Phi) is 12.3. The van der Waals surface area contributed by atoms with E-state index in [-0.39, 0.29) is 12.3 Å². The predicted octanol–water partition coefficient (Wildman–Crippen LogP) is -2.47. The summed E-state index contributed by atoms with van der Waals surface area (Å²) in [6, 6.07) is -4.48. The number of carboxylic acid groups (broad SMARTS) is 1. The van der Waals surface area contributed by atoms with Gasteiger partial charge in [0, 0.05) is 0 Å². The molecule has 0 bridgehead atoms. The van der Waals surface area contributed by atoms with Gasteiger partial charge in [0.2, 0.25) is 23.6 Å².